The molecule has 0 fully saturated rings. The van der Waals surface area contributed by atoms with Gasteiger partial charge >= 0.3 is 6.18 Å². The Morgan fingerprint density at radius 2 is 1.65 bits per heavy atom. The summed E-state index contributed by atoms with van der Waals surface area (Å²) in [6.45, 7) is 2.75. The van der Waals surface area contributed by atoms with Gasteiger partial charge in [-0.3, -0.25) is 9.10 Å². The van der Waals surface area contributed by atoms with Crippen molar-refractivity contribution in [1.82, 2.24) is 5.32 Å². The summed E-state index contributed by atoms with van der Waals surface area (Å²) in [5.41, 5.74) is 0.0501. The Labute approximate surface area is 201 Å². The van der Waals surface area contributed by atoms with E-state index in [1.54, 1.807) is 50.2 Å². The topological polar surface area (TPSA) is 66.5 Å². The predicted molar refractivity (Wildman–Crippen MR) is 125 cm³/mol. The van der Waals surface area contributed by atoms with E-state index in [-0.39, 0.29) is 10.6 Å². The zero-order valence-corrected chi connectivity index (χ0v) is 19.9. The van der Waals surface area contributed by atoms with Crippen LogP contribution in [0.3, 0.4) is 0 Å². The first-order valence-electron chi connectivity index (χ1n) is 10.2. The molecule has 34 heavy (non-hydrogen) atoms. The maximum absolute atomic E-state index is 13.4. The number of carbonyl (C=O) groups excluding carboxylic acids is 1. The Bertz CT molecular complexity index is 1260. The number of alkyl halides is 3. The third-order valence-electron chi connectivity index (χ3n) is 5.12. The van der Waals surface area contributed by atoms with Gasteiger partial charge in [-0.1, -0.05) is 59.6 Å². The molecule has 1 amide bonds. The molecule has 0 radical (unpaired) electrons. The van der Waals surface area contributed by atoms with E-state index in [2.05, 4.69) is 5.32 Å². The minimum atomic E-state index is -4.81. The number of sulfonamides is 1. The van der Waals surface area contributed by atoms with E-state index in [1.165, 1.54) is 12.1 Å². The molecule has 3 aromatic carbocycles. The van der Waals surface area contributed by atoms with Gasteiger partial charge in [0.1, 0.15) is 6.54 Å². The number of nitrogens with one attached hydrogen (secondary N) is 1. The van der Waals surface area contributed by atoms with Crippen LogP contribution in [0, 0.1) is 6.92 Å². The van der Waals surface area contributed by atoms with Gasteiger partial charge < -0.3 is 5.32 Å². The van der Waals surface area contributed by atoms with Gasteiger partial charge in [0.2, 0.25) is 5.91 Å². The SMILES string of the molecule is Cc1ccc(S(=O)(=O)N(CC(=O)N[C@H](C)c2ccccc2)c2ccc(Cl)c(C(F)(F)F)c2)cc1. The average Bonchev–Trinajstić information content (AvgIpc) is 2.78. The summed E-state index contributed by atoms with van der Waals surface area (Å²) in [5, 5.41) is 2.11. The van der Waals surface area contributed by atoms with Gasteiger partial charge in [-0.2, -0.15) is 13.2 Å². The number of halogens is 4. The van der Waals surface area contributed by atoms with Crippen molar-refractivity contribution in [3.05, 3.63) is 94.5 Å². The van der Waals surface area contributed by atoms with E-state index < -0.39 is 45.3 Å². The number of anilines is 1. The van der Waals surface area contributed by atoms with Crippen molar-refractivity contribution in [2.24, 2.45) is 0 Å². The first-order valence-corrected chi connectivity index (χ1v) is 12.0. The lowest BCUT2D eigenvalue weighted by molar-refractivity contribution is -0.137. The molecule has 0 aliphatic carbocycles. The average molecular weight is 511 g/mol. The van der Waals surface area contributed by atoms with Crippen LogP contribution in [0.1, 0.15) is 29.7 Å². The Hall–Kier alpha value is -3.04. The van der Waals surface area contributed by atoms with Gasteiger partial charge in [0, 0.05) is 0 Å². The van der Waals surface area contributed by atoms with Gasteiger partial charge in [-0.15, -0.1) is 0 Å². The molecular formula is C24H22ClF3N2O3S. The molecular weight excluding hydrogens is 489 g/mol. The van der Waals surface area contributed by atoms with Crippen LogP contribution in [0.5, 0.6) is 0 Å². The number of aryl methyl sites for hydroxylation is 1. The largest absolute Gasteiger partial charge is 0.417 e. The molecule has 1 atom stereocenters. The Balaban J connectivity index is 2.01. The normalized spacial score (nSPS) is 12.8. The smallest absolute Gasteiger partial charge is 0.348 e. The number of benzene rings is 3. The van der Waals surface area contributed by atoms with Crippen molar-refractivity contribution in [3.8, 4) is 0 Å². The van der Waals surface area contributed by atoms with Crippen LogP contribution in [-0.2, 0) is 21.0 Å². The number of rotatable bonds is 7. The van der Waals surface area contributed by atoms with Gasteiger partial charge in [0.05, 0.1) is 27.2 Å². The number of carbonyl (C=O) groups is 1. The molecule has 0 aliphatic rings. The summed E-state index contributed by atoms with van der Waals surface area (Å²) >= 11 is 5.71. The highest BCUT2D eigenvalue weighted by Gasteiger charge is 2.35. The Morgan fingerprint density at radius 3 is 2.24 bits per heavy atom. The maximum atomic E-state index is 13.4. The zero-order valence-electron chi connectivity index (χ0n) is 18.3. The standard InChI is InChI=1S/C24H22ClF3N2O3S/c1-16-8-11-20(12-9-16)34(32,33)30(19-10-13-22(25)21(14-19)24(26,27)28)15-23(31)29-17(2)18-6-4-3-5-7-18/h3-14,17H,15H2,1-2H3,(H,29,31)/t17-/m1/s1. The van der Waals surface area contributed by atoms with Crippen LogP contribution < -0.4 is 9.62 Å². The lowest BCUT2D eigenvalue weighted by Gasteiger charge is -2.26. The van der Waals surface area contributed by atoms with Crippen molar-refractivity contribution >= 4 is 33.2 Å². The fourth-order valence-corrected chi connectivity index (χ4v) is 4.92. The molecule has 3 rings (SSSR count). The first kappa shape index (κ1) is 25.6. The van der Waals surface area contributed by atoms with Crippen molar-refractivity contribution in [2.45, 2.75) is 31.0 Å². The van der Waals surface area contributed by atoms with Crippen LogP contribution >= 0.6 is 11.6 Å². The van der Waals surface area contributed by atoms with E-state index in [0.717, 1.165) is 23.3 Å². The molecule has 0 aromatic heterocycles. The van der Waals surface area contributed by atoms with E-state index in [4.69, 9.17) is 11.6 Å². The number of hydrogen-bond donors (Lipinski definition) is 1. The lowest BCUT2D eigenvalue weighted by Crippen LogP contribution is -2.41. The second-order valence-electron chi connectivity index (χ2n) is 7.69. The Morgan fingerprint density at radius 1 is 1.03 bits per heavy atom. The minimum absolute atomic E-state index is 0.162. The molecule has 5 nitrogen and oxygen atoms in total. The van der Waals surface area contributed by atoms with E-state index in [0.29, 0.717) is 10.4 Å². The molecule has 1 N–H and O–H groups in total. The number of nitrogens with zero attached hydrogens (tertiary/aromatic N) is 1. The maximum Gasteiger partial charge on any atom is 0.417 e. The van der Waals surface area contributed by atoms with Gasteiger partial charge in [0.25, 0.3) is 10.0 Å². The van der Waals surface area contributed by atoms with Gasteiger partial charge in [-0.25, -0.2) is 8.42 Å². The third-order valence-corrected chi connectivity index (χ3v) is 7.23. The monoisotopic (exact) mass is 510 g/mol. The Kier molecular flexibility index (Phi) is 7.57. The molecule has 0 saturated heterocycles. The molecule has 180 valence electrons. The second-order valence-corrected chi connectivity index (χ2v) is 9.96. The minimum Gasteiger partial charge on any atom is -0.348 e. The van der Waals surface area contributed by atoms with E-state index in [1.807, 2.05) is 6.07 Å². The fraction of sp³-hybridized carbons (Fsp3) is 0.208. The molecule has 0 saturated carbocycles. The summed E-state index contributed by atoms with van der Waals surface area (Å²) < 4.78 is 67.8. The van der Waals surface area contributed by atoms with Crippen LogP contribution in [0.4, 0.5) is 18.9 Å². The lowest BCUT2D eigenvalue weighted by atomic mass is 10.1. The zero-order chi connectivity index (χ0) is 25.1. The molecule has 10 heteroatoms. The summed E-state index contributed by atoms with van der Waals surface area (Å²) in [7, 11) is -4.38. The molecule has 0 bridgehead atoms. The van der Waals surface area contributed by atoms with Crippen molar-refractivity contribution in [2.75, 3.05) is 10.8 Å². The summed E-state index contributed by atoms with van der Waals surface area (Å²) in [6.07, 6.45) is -4.81. The highest BCUT2D eigenvalue weighted by atomic mass is 35.5. The summed E-state index contributed by atoms with van der Waals surface area (Å²) in [5.74, 6) is -0.685. The molecule has 0 aliphatic heterocycles. The summed E-state index contributed by atoms with van der Waals surface area (Å²) in [6, 6.07) is 17.0. The molecule has 0 heterocycles. The van der Waals surface area contributed by atoms with Gasteiger partial charge in [0.15, 0.2) is 0 Å². The van der Waals surface area contributed by atoms with Crippen LogP contribution in [0.2, 0.25) is 5.02 Å². The van der Waals surface area contributed by atoms with E-state index >= 15 is 0 Å². The van der Waals surface area contributed by atoms with Crippen LogP contribution in [-0.4, -0.2) is 20.9 Å². The van der Waals surface area contributed by atoms with Crippen LogP contribution in [0.15, 0.2) is 77.7 Å². The van der Waals surface area contributed by atoms with Crippen LogP contribution in [0.25, 0.3) is 0 Å². The van der Waals surface area contributed by atoms with Crippen molar-refractivity contribution in [3.63, 3.8) is 0 Å². The van der Waals surface area contributed by atoms with Gasteiger partial charge in [-0.05, 0) is 49.7 Å². The molecule has 0 unspecified atom stereocenters. The predicted octanol–water partition coefficient (Wildman–Crippen LogP) is 5.74. The molecule has 3 aromatic rings. The van der Waals surface area contributed by atoms with E-state index in [9.17, 15) is 26.4 Å². The van der Waals surface area contributed by atoms with Crippen molar-refractivity contribution in [1.29, 1.82) is 0 Å². The first-order chi connectivity index (χ1) is 15.9. The number of amides is 1. The fourth-order valence-electron chi connectivity index (χ4n) is 3.28. The second kappa shape index (κ2) is 10.1. The summed E-state index contributed by atoms with van der Waals surface area (Å²) in [4.78, 5) is 12.7. The quantitative estimate of drug-likeness (QED) is 0.441. The highest BCUT2D eigenvalue weighted by molar-refractivity contribution is 7.92. The van der Waals surface area contributed by atoms with Crippen molar-refractivity contribution < 1.29 is 26.4 Å². The highest BCUT2D eigenvalue weighted by Crippen LogP contribution is 2.38. The third kappa shape index (κ3) is 5.90. The number of hydrogen-bond acceptors (Lipinski definition) is 3. The molecule has 0 spiro atoms.